The summed E-state index contributed by atoms with van der Waals surface area (Å²) < 4.78 is 0. The highest BCUT2D eigenvalue weighted by Gasteiger charge is 2.19. The van der Waals surface area contributed by atoms with Crippen LogP contribution < -0.4 is 5.32 Å². The van der Waals surface area contributed by atoms with Gasteiger partial charge in [0, 0.05) is 23.5 Å². The van der Waals surface area contributed by atoms with Gasteiger partial charge in [-0.05, 0) is 24.8 Å². The Kier molecular flexibility index (Phi) is 4.72. The summed E-state index contributed by atoms with van der Waals surface area (Å²) in [5, 5.41) is 14.4. The Morgan fingerprint density at radius 1 is 1.39 bits per heavy atom. The predicted octanol–water partition coefficient (Wildman–Crippen LogP) is 3.71. The van der Waals surface area contributed by atoms with E-state index in [1.165, 1.54) is 43.4 Å². The van der Waals surface area contributed by atoms with Crippen molar-refractivity contribution in [1.29, 1.82) is 0 Å². The minimum absolute atomic E-state index is 0.237. The van der Waals surface area contributed by atoms with Crippen LogP contribution in [0.15, 0.2) is 12.1 Å². The van der Waals surface area contributed by atoms with Crippen molar-refractivity contribution in [3.05, 3.63) is 27.1 Å². The molecule has 1 saturated carbocycles. The lowest BCUT2D eigenvalue weighted by Crippen LogP contribution is -2.33. The topological polar surface area (TPSA) is 55.2 Å². The van der Waals surface area contributed by atoms with E-state index >= 15 is 0 Å². The number of rotatable bonds is 4. The van der Waals surface area contributed by atoms with Crippen LogP contribution in [0, 0.1) is 16.0 Å². The molecule has 5 heteroatoms. The number of hydrogen-bond donors (Lipinski definition) is 1. The predicted molar refractivity (Wildman–Crippen MR) is 73.9 cm³/mol. The Morgan fingerprint density at radius 3 is 2.89 bits per heavy atom. The first kappa shape index (κ1) is 13.5. The number of nitro groups is 1. The normalized spacial score (nSPS) is 24.7. The van der Waals surface area contributed by atoms with Crippen LogP contribution >= 0.6 is 11.3 Å². The van der Waals surface area contributed by atoms with Gasteiger partial charge in [-0.2, -0.15) is 0 Å². The summed E-state index contributed by atoms with van der Waals surface area (Å²) in [5.41, 5.74) is 0. The van der Waals surface area contributed by atoms with E-state index in [0.717, 1.165) is 11.4 Å². The third-order valence-corrected chi connectivity index (χ3v) is 4.76. The van der Waals surface area contributed by atoms with Gasteiger partial charge in [-0.25, -0.2) is 0 Å². The molecule has 0 aromatic carbocycles. The second-order valence-electron chi connectivity index (χ2n) is 5.10. The minimum atomic E-state index is -0.317. The van der Waals surface area contributed by atoms with Crippen molar-refractivity contribution in [3.8, 4) is 0 Å². The molecule has 1 N–H and O–H groups in total. The van der Waals surface area contributed by atoms with Crippen LogP contribution in [-0.2, 0) is 6.54 Å². The highest BCUT2D eigenvalue weighted by molar-refractivity contribution is 7.15. The van der Waals surface area contributed by atoms with Crippen molar-refractivity contribution >= 4 is 16.3 Å². The fourth-order valence-electron chi connectivity index (χ4n) is 2.59. The van der Waals surface area contributed by atoms with E-state index in [0.29, 0.717) is 12.0 Å². The van der Waals surface area contributed by atoms with E-state index in [1.54, 1.807) is 6.07 Å². The Balaban J connectivity index is 1.87. The zero-order chi connectivity index (χ0) is 13.0. The number of thiophene rings is 1. The molecular formula is C13H20N2O2S. The largest absolute Gasteiger partial charge is 0.324 e. The van der Waals surface area contributed by atoms with Crippen molar-refractivity contribution in [3.63, 3.8) is 0 Å². The van der Waals surface area contributed by atoms with Gasteiger partial charge in [0.2, 0.25) is 0 Å². The van der Waals surface area contributed by atoms with Crippen LogP contribution in [0.4, 0.5) is 5.00 Å². The monoisotopic (exact) mass is 268 g/mol. The molecule has 1 heterocycles. The molecule has 1 aromatic heterocycles. The Labute approximate surface area is 112 Å². The van der Waals surface area contributed by atoms with Gasteiger partial charge in [-0.3, -0.25) is 10.1 Å². The van der Waals surface area contributed by atoms with E-state index in [-0.39, 0.29) is 9.92 Å². The molecule has 1 aliphatic rings. The molecule has 2 unspecified atom stereocenters. The van der Waals surface area contributed by atoms with Crippen molar-refractivity contribution < 1.29 is 4.92 Å². The van der Waals surface area contributed by atoms with Gasteiger partial charge < -0.3 is 5.32 Å². The molecule has 1 fully saturated rings. The van der Waals surface area contributed by atoms with Crippen molar-refractivity contribution in [1.82, 2.24) is 5.32 Å². The smallest absolute Gasteiger partial charge is 0.309 e. The van der Waals surface area contributed by atoms with Gasteiger partial charge in [0.05, 0.1) is 4.92 Å². The summed E-state index contributed by atoms with van der Waals surface area (Å²) in [7, 11) is 0. The molecule has 100 valence electrons. The van der Waals surface area contributed by atoms with Crippen molar-refractivity contribution in [2.75, 3.05) is 0 Å². The van der Waals surface area contributed by atoms with Crippen LogP contribution in [-0.4, -0.2) is 11.0 Å². The summed E-state index contributed by atoms with van der Waals surface area (Å²) in [4.78, 5) is 11.4. The molecule has 1 aromatic rings. The fourth-order valence-corrected chi connectivity index (χ4v) is 3.36. The molecule has 1 aliphatic carbocycles. The van der Waals surface area contributed by atoms with Crippen LogP contribution in [0.2, 0.25) is 0 Å². The first-order valence-corrected chi connectivity index (χ1v) is 7.45. The summed E-state index contributed by atoms with van der Waals surface area (Å²) >= 11 is 1.27. The average Bonchev–Trinajstić information content (AvgIpc) is 2.72. The van der Waals surface area contributed by atoms with Gasteiger partial charge >= 0.3 is 5.00 Å². The Bertz CT molecular complexity index is 405. The standard InChI is InChI=1S/C13H20N2O2S/c1-10-5-3-2-4-6-12(10)14-9-11-7-8-13(18-11)15(16)17/h7-8,10,12,14H,2-6,9H2,1H3. The maximum absolute atomic E-state index is 10.6. The molecule has 0 radical (unpaired) electrons. The summed E-state index contributed by atoms with van der Waals surface area (Å²) in [5.74, 6) is 0.711. The first-order valence-electron chi connectivity index (χ1n) is 6.63. The zero-order valence-electron chi connectivity index (χ0n) is 10.7. The number of nitrogens with zero attached hydrogens (tertiary/aromatic N) is 1. The van der Waals surface area contributed by atoms with Crippen LogP contribution in [0.25, 0.3) is 0 Å². The third kappa shape index (κ3) is 3.53. The second kappa shape index (κ2) is 6.29. The number of hydrogen-bond acceptors (Lipinski definition) is 4. The van der Waals surface area contributed by atoms with Gasteiger partial charge in [0.15, 0.2) is 0 Å². The molecule has 0 aliphatic heterocycles. The SMILES string of the molecule is CC1CCCCCC1NCc1ccc([N+](=O)[O-])s1. The average molecular weight is 268 g/mol. The second-order valence-corrected chi connectivity index (χ2v) is 6.25. The maximum Gasteiger partial charge on any atom is 0.324 e. The third-order valence-electron chi connectivity index (χ3n) is 3.73. The van der Waals surface area contributed by atoms with Gasteiger partial charge in [-0.15, -0.1) is 0 Å². The first-order chi connectivity index (χ1) is 8.66. The van der Waals surface area contributed by atoms with E-state index in [1.807, 2.05) is 6.07 Å². The van der Waals surface area contributed by atoms with Gasteiger partial charge in [0.1, 0.15) is 0 Å². The maximum atomic E-state index is 10.6. The van der Waals surface area contributed by atoms with Crippen molar-refractivity contribution in [2.24, 2.45) is 5.92 Å². The lowest BCUT2D eigenvalue weighted by molar-refractivity contribution is -0.380. The minimum Gasteiger partial charge on any atom is -0.309 e. The lowest BCUT2D eigenvalue weighted by Gasteiger charge is -2.22. The zero-order valence-corrected chi connectivity index (χ0v) is 11.5. The molecule has 0 bridgehead atoms. The van der Waals surface area contributed by atoms with Crippen LogP contribution in [0.1, 0.15) is 43.9 Å². The highest BCUT2D eigenvalue weighted by atomic mass is 32.1. The van der Waals surface area contributed by atoms with Crippen molar-refractivity contribution in [2.45, 2.75) is 51.6 Å². The van der Waals surface area contributed by atoms with E-state index in [4.69, 9.17) is 0 Å². The van der Waals surface area contributed by atoms with Gasteiger partial charge in [-0.1, -0.05) is 37.5 Å². The summed E-state index contributed by atoms with van der Waals surface area (Å²) in [6.07, 6.45) is 6.50. The van der Waals surface area contributed by atoms with E-state index < -0.39 is 0 Å². The molecule has 0 amide bonds. The molecule has 2 atom stereocenters. The molecule has 0 saturated heterocycles. The lowest BCUT2D eigenvalue weighted by atomic mass is 9.97. The van der Waals surface area contributed by atoms with Crippen LogP contribution in [0.3, 0.4) is 0 Å². The fraction of sp³-hybridized carbons (Fsp3) is 0.692. The molecular weight excluding hydrogens is 248 g/mol. The van der Waals surface area contributed by atoms with E-state index in [9.17, 15) is 10.1 Å². The summed E-state index contributed by atoms with van der Waals surface area (Å²) in [6.45, 7) is 3.06. The highest BCUT2D eigenvalue weighted by Crippen LogP contribution is 2.26. The number of nitrogens with one attached hydrogen (secondary N) is 1. The molecule has 2 rings (SSSR count). The Hall–Kier alpha value is -0.940. The molecule has 4 nitrogen and oxygen atoms in total. The molecule has 0 spiro atoms. The van der Waals surface area contributed by atoms with E-state index in [2.05, 4.69) is 12.2 Å². The summed E-state index contributed by atoms with van der Waals surface area (Å²) in [6, 6.07) is 4.02. The van der Waals surface area contributed by atoms with Crippen LogP contribution in [0.5, 0.6) is 0 Å². The quantitative estimate of drug-likeness (QED) is 0.514. The molecule has 18 heavy (non-hydrogen) atoms. The van der Waals surface area contributed by atoms with Gasteiger partial charge in [0.25, 0.3) is 0 Å². The Morgan fingerprint density at radius 2 is 2.17 bits per heavy atom.